The lowest BCUT2D eigenvalue weighted by atomic mass is 9.98. The van der Waals surface area contributed by atoms with E-state index in [9.17, 15) is 13.2 Å². The summed E-state index contributed by atoms with van der Waals surface area (Å²) in [5.74, 6) is -0.503. The molecule has 7 nitrogen and oxygen atoms in total. The van der Waals surface area contributed by atoms with Gasteiger partial charge in [-0.25, -0.2) is 17.7 Å². The third kappa shape index (κ3) is 4.47. The number of carbonyl (C=O) groups excluding carboxylic acids is 1. The molecule has 1 fully saturated rings. The molecular formula is C20H22N4O3S2. The molecule has 3 aromatic rings. The van der Waals surface area contributed by atoms with E-state index >= 15 is 0 Å². The SMILES string of the molecule is CS(=O)(=O)N1CCCC(C(=O)N(Cc2ccccn2)c2nc3ccccc3s2)C1. The van der Waals surface area contributed by atoms with E-state index in [2.05, 4.69) is 9.97 Å². The van der Waals surface area contributed by atoms with Crippen LogP contribution in [-0.4, -0.2) is 47.9 Å². The van der Waals surface area contributed by atoms with Crippen LogP contribution in [0.4, 0.5) is 5.13 Å². The number of benzene rings is 1. The quantitative estimate of drug-likeness (QED) is 0.622. The predicted molar refractivity (Wildman–Crippen MR) is 114 cm³/mol. The highest BCUT2D eigenvalue weighted by molar-refractivity contribution is 7.88. The van der Waals surface area contributed by atoms with E-state index < -0.39 is 15.9 Å². The molecule has 3 heterocycles. The number of anilines is 1. The van der Waals surface area contributed by atoms with E-state index in [1.54, 1.807) is 11.1 Å². The molecule has 9 heteroatoms. The third-order valence-corrected chi connectivity index (χ3v) is 7.36. The summed E-state index contributed by atoms with van der Waals surface area (Å²) >= 11 is 1.46. The molecule has 2 aromatic heterocycles. The first-order valence-corrected chi connectivity index (χ1v) is 12.1. The molecule has 1 atom stereocenters. The van der Waals surface area contributed by atoms with Gasteiger partial charge in [0.15, 0.2) is 5.13 Å². The molecule has 1 saturated heterocycles. The van der Waals surface area contributed by atoms with E-state index in [1.165, 1.54) is 21.9 Å². The Bertz CT molecular complexity index is 1080. The number of nitrogens with zero attached hydrogens (tertiary/aromatic N) is 4. The minimum absolute atomic E-state index is 0.108. The Morgan fingerprint density at radius 1 is 1.24 bits per heavy atom. The van der Waals surface area contributed by atoms with Crippen LogP contribution >= 0.6 is 11.3 Å². The first-order valence-electron chi connectivity index (χ1n) is 9.44. The predicted octanol–water partition coefficient (Wildman–Crippen LogP) is 2.90. The molecule has 0 aliphatic carbocycles. The molecule has 0 saturated carbocycles. The minimum Gasteiger partial charge on any atom is -0.282 e. The number of rotatable bonds is 5. The van der Waals surface area contributed by atoms with Crippen LogP contribution in [0.2, 0.25) is 0 Å². The summed E-state index contributed by atoms with van der Waals surface area (Å²) in [7, 11) is -3.32. The van der Waals surface area contributed by atoms with Gasteiger partial charge in [-0.1, -0.05) is 29.5 Å². The number of aromatic nitrogens is 2. The topological polar surface area (TPSA) is 83.5 Å². The Morgan fingerprint density at radius 2 is 2.03 bits per heavy atom. The Kier molecular flexibility index (Phi) is 5.62. The van der Waals surface area contributed by atoms with Gasteiger partial charge in [0, 0.05) is 19.3 Å². The largest absolute Gasteiger partial charge is 0.282 e. The Morgan fingerprint density at radius 3 is 2.76 bits per heavy atom. The van der Waals surface area contributed by atoms with Crippen molar-refractivity contribution in [1.82, 2.24) is 14.3 Å². The van der Waals surface area contributed by atoms with Gasteiger partial charge in [-0.05, 0) is 37.1 Å². The third-order valence-electron chi connectivity index (χ3n) is 5.03. The lowest BCUT2D eigenvalue weighted by Crippen LogP contribution is -2.46. The van der Waals surface area contributed by atoms with E-state index in [0.29, 0.717) is 31.1 Å². The lowest BCUT2D eigenvalue weighted by molar-refractivity contribution is -0.123. The van der Waals surface area contributed by atoms with Gasteiger partial charge in [-0.2, -0.15) is 0 Å². The van der Waals surface area contributed by atoms with Crippen molar-refractivity contribution in [2.24, 2.45) is 5.92 Å². The number of pyridine rings is 1. The summed E-state index contributed by atoms with van der Waals surface area (Å²) in [6.45, 7) is 0.972. The van der Waals surface area contributed by atoms with Crippen molar-refractivity contribution in [2.75, 3.05) is 24.2 Å². The highest BCUT2D eigenvalue weighted by Crippen LogP contribution is 2.32. The molecule has 1 aliphatic rings. The number of sulfonamides is 1. The normalized spacial score (nSPS) is 18.0. The zero-order valence-electron chi connectivity index (χ0n) is 16.1. The first-order chi connectivity index (χ1) is 13.9. The molecule has 152 valence electrons. The number of fused-ring (bicyclic) bond motifs is 1. The molecule has 0 radical (unpaired) electrons. The van der Waals surface area contributed by atoms with Gasteiger partial charge in [0.1, 0.15) is 0 Å². The standard InChI is InChI=1S/C20H22N4O3S2/c1-29(26,27)23-12-6-7-15(13-23)19(25)24(14-16-8-4-5-11-21-16)20-22-17-9-2-3-10-18(17)28-20/h2-5,8-11,15H,6-7,12-14H2,1H3. The molecule has 4 rings (SSSR count). The summed E-state index contributed by atoms with van der Waals surface area (Å²) in [6, 6.07) is 13.4. The number of para-hydroxylation sites is 1. The maximum Gasteiger partial charge on any atom is 0.233 e. The average molecular weight is 431 g/mol. The lowest BCUT2D eigenvalue weighted by Gasteiger charge is -2.32. The maximum atomic E-state index is 13.5. The summed E-state index contributed by atoms with van der Waals surface area (Å²) in [5, 5.41) is 0.610. The summed E-state index contributed by atoms with van der Waals surface area (Å²) < 4.78 is 26.4. The Labute approximate surface area is 174 Å². The van der Waals surface area contributed by atoms with Crippen molar-refractivity contribution in [3.8, 4) is 0 Å². The first kappa shape index (κ1) is 19.9. The van der Waals surface area contributed by atoms with E-state index in [0.717, 1.165) is 15.9 Å². The molecule has 0 N–H and O–H groups in total. The van der Waals surface area contributed by atoms with Gasteiger partial charge in [0.2, 0.25) is 15.9 Å². The van der Waals surface area contributed by atoms with Crippen LogP contribution in [0.25, 0.3) is 10.2 Å². The van der Waals surface area contributed by atoms with Crippen LogP contribution in [0.5, 0.6) is 0 Å². The molecule has 1 unspecified atom stereocenters. The van der Waals surface area contributed by atoms with Gasteiger partial charge in [0.05, 0.1) is 34.6 Å². The van der Waals surface area contributed by atoms with Crippen LogP contribution in [0, 0.1) is 5.92 Å². The van der Waals surface area contributed by atoms with Gasteiger partial charge in [0.25, 0.3) is 0 Å². The molecule has 0 bridgehead atoms. The van der Waals surface area contributed by atoms with Crippen molar-refractivity contribution in [1.29, 1.82) is 0 Å². The van der Waals surface area contributed by atoms with E-state index in [4.69, 9.17) is 0 Å². The highest BCUT2D eigenvalue weighted by atomic mass is 32.2. The van der Waals surface area contributed by atoms with Crippen LogP contribution < -0.4 is 4.90 Å². The monoisotopic (exact) mass is 430 g/mol. The molecule has 0 spiro atoms. The van der Waals surface area contributed by atoms with Crippen LogP contribution in [0.3, 0.4) is 0 Å². The van der Waals surface area contributed by atoms with Crippen LogP contribution in [-0.2, 0) is 21.4 Å². The second-order valence-corrected chi connectivity index (χ2v) is 10.2. The van der Waals surface area contributed by atoms with E-state index in [-0.39, 0.29) is 12.5 Å². The highest BCUT2D eigenvalue weighted by Gasteiger charge is 2.34. The summed E-state index contributed by atoms with van der Waals surface area (Å²) in [4.78, 5) is 24.2. The van der Waals surface area contributed by atoms with Crippen molar-refractivity contribution in [2.45, 2.75) is 19.4 Å². The molecule has 29 heavy (non-hydrogen) atoms. The number of hydrogen-bond donors (Lipinski definition) is 0. The fraction of sp³-hybridized carbons (Fsp3) is 0.350. The minimum atomic E-state index is -3.32. The van der Waals surface area contributed by atoms with Crippen LogP contribution in [0.15, 0.2) is 48.7 Å². The van der Waals surface area contributed by atoms with Crippen molar-refractivity contribution >= 4 is 42.6 Å². The molecule has 1 aromatic carbocycles. The smallest absolute Gasteiger partial charge is 0.233 e. The maximum absolute atomic E-state index is 13.5. The Hall–Kier alpha value is -2.36. The second-order valence-electron chi connectivity index (χ2n) is 7.17. The number of amides is 1. The van der Waals surface area contributed by atoms with Crippen LogP contribution in [0.1, 0.15) is 18.5 Å². The molecular weight excluding hydrogens is 408 g/mol. The zero-order valence-corrected chi connectivity index (χ0v) is 17.7. The Balaban J connectivity index is 1.66. The van der Waals surface area contributed by atoms with Crippen molar-refractivity contribution in [3.63, 3.8) is 0 Å². The number of thiazole rings is 1. The number of piperidine rings is 1. The summed E-state index contributed by atoms with van der Waals surface area (Å²) in [5.41, 5.74) is 1.60. The summed E-state index contributed by atoms with van der Waals surface area (Å²) in [6.07, 6.45) is 4.22. The second kappa shape index (κ2) is 8.17. The van der Waals surface area contributed by atoms with Gasteiger partial charge < -0.3 is 0 Å². The zero-order chi connectivity index (χ0) is 20.4. The average Bonchev–Trinajstić information content (AvgIpc) is 3.16. The van der Waals surface area contributed by atoms with E-state index in [1.807, 2.05) is 42.5 Å². The fourth-order valence-corrected chi connectivity index (χ4v) is 5.42. The number of carbonyl (C=O) groups is 1. The van der Waals surface area contributed by atoms with Gasteiger partial charge >= 0.3 is 0 Å². The van der Waals surface area contributed by atoms with Crippen molar-refractivity contribution < 1.29 is 13.2 Å². The van der Waals surface area contributed by atoms with Crippen molar-refractivity contribution in [3.05, 3.63) is 54.4 Å². The fourth-order valence-electron chi connectivity index (χ4n) is 3.53. The number of hydrogen-bond acceptors (Lipinski definition) is 6. The molecule has 1 amide bonds. The van der Waals surface area contributed by atoms with Gasteiger partial charge in [-0.15, -0.1) is 0 Å². The molecule has 1 aliphatic heterocycles. The van der Waals surface area contributed by atoms with Gasteiger partial charge in [-0.3, -0.25) is 14.7 Å².